The standard InChI is InChI=1S/C28H49NO/c1-3-5-7-9-11-28(30)21-20-27(22-29)26-18-16-25(17-19-26)24-14-12-23(13-15-24)10-8-6-4-2/h23-27H,3-21H2,1-2H3. The van der Waals surface area contributed by atoms with E-state index in [1.165, 1.54) is 96.3 Å². The SMILES string of the molecule is CCCCCCC(=O)CCC(C#N)C1CCC(C2CCC(CCCCC)CC2)CC1. The van der Waals surface area contributed by atoms with Crippen molar-refractivity contribution in [3.05, 3.63) is 0 Å². The van der Waals surface area contributed by atoms with Gasteiger partial charge in [0.2, 0.25) is 0 Å². The summed E-state index contributed by atoms with van der Waals surface area (Å²) >= 11 is 0. The largest absolute Gasteiger partial charge is 0.300 e. The average Bonchev–Trinajstić information content (AvgIpc) is 2.78. The maximum Gasteiger partial charge on any atom is 0.132 e. The van der Waals surface area contributed by atoms with Gasteiger partial charge in [0.1, 0.15) is 5.78 Å². The Bertz CT molecular complexity index is 491. The number of nitrogens with zero attached hydrogens (tertiary/aromatic N) is 1. The summed E-state index contributed by atoms with van der Waals surface area (Å²) in [6, 6.07) is 2.58. The Labute approximate surface area is 187 Å². The van der Waals surface area contributed by atoms with E-state index >= 15 is 0 Å². The van der Waals surface area contributed by atoms with E-state index in [1.54, 1.807) is 0 Å². The molecule has 1 atom stereocenters. The summed E-state index contributed by atoms with van der Waals surface area (Å²) in [5.41, 5.74) is 0. The summed E-state index contributed by atoms with van der Waals surface area (Å²) in [5.74, 6) is 3.92. The van der Waals surface area contributed by atoms with Gasteiger partial charge in [-0.15, -0.1) is 0 Å². The van der Waals surface area contributed by atoms with Gasteiger partial charge in [-0.3, -0.25) is 4.79 Å². The fourth-order valence-electron chi connectivity index (χ4n) is 6.25. The summed E-state index contributed by atoms with van der Waals surface area (Å²) in [6.45, 7) is 4.50. The van der Waals surface area contributed by atoms with Crippen LogP contribution in [0.15, 0.2) is 0 Å². The van der Waals surface area contributed by atoms with Gasteiger partial charge in [0.05, 0.1) is 6.07 Å². The van der Waals surface area contributed by atoms with Gasteiger partial charge in [-0.2, -0.15) is 5.26 Å². The Hall–Kier alpha value is -0.840. The second-order valence-electron chi connectivity index (χ2n) is 10.6. The minimum Gasteiger partial charge on any atom is -0.300 e. The highest BCUT2D eigenvalue weighted by molar-refractivity contribution is 5.78. The minimum absolute atomic E-state index is 0.111. The lowest BCUT2D eigenvalue weighted by atomic mass is 9.66. The predicted molar refractivity (Wildman–Crippen MR) is 127 cm³/mol. The van der Waals surface area contributed by atoms with E-state index in [-0.39, 0.29) is 5.92 Å². The first-order chi connectivity index (χ1) is 14.7. The number of hydrogen-bond donors (Lipinski definition) is 0. The van der Waals surface area contributed by atoms with E-state index in [9.17, 15) is 10.1 Å². The monoisotopic (exact) mass is 415 g/mol. The second kappa shape index (κ2) is 15.0. The van der Waals surface area contributed by atoms with Crippen molar-refractivity contribution >= 4 is 5.78 Å². The van der Waals surface area contributed by atoms with Crippen molar-refractivity contribution in [3.8, 4) is 6.07 Å². The molecule has 0 radical (unpaired) electrons. The molecule has 2 nitrogen and oxygen atoms in total. The van der Waals surface area contributed by atoms with Crippen LogP contribution in [0.1, 0.15) is 136 Å². The fourth-order valence-corrected chi connectivity index (χ4v) is 6.25. The van der Waals surface area contributed by atoms with Crippen molar-refractivity contribution in [1.82, 2.24) is 0 Å². The molecule has 2 aliphatic carbocycles. The lowest BCUT2D eigenvalue weighted by molar-refractivity contribution is -0.119. The minimum atomic E-state index is 0.111. The highest BCUT2D eigenvalue weighted by atomic mass is 16.1. The van der Waals surface area contributed by atoms with E-state index < -0.39 is 0 Å². The molecular formula is C28H49NO. The van der Waals surface area contributed by atoms with Gasteiger partial charge >= 0.3 is 0 Å². The molecule has 2 heteroatoms. The van der Waals surface area contributed by atoms with Crippen LogP contribution in [0, 0.1) is 40.9 Å². The molecule has 2 saturated carbocycles. The molecule has 0 saturated heterocycles. The van der Waals surface area contributed by atoms with E-state index in [2.05, 4.69) is 19.9 Å². The van der Waals surface area contributed by atoms with Crippen LogP contribution in [-0.2, 0) is 4.79 Å². The van der Waals surface area contributed by atoms with Crippen LogP contribution < -0.4 is 0 Å². The van der Waals surface area contributed by atoms with Gasteiger partial charge < -0.3 is 0 Å². The fraction of sp³-hybridized carbons (Fsp3) is 0.929. The molecule has 0 aliphatic heterocycles. The molecule has 2 rings (SSSR count). The first kappa shape index (κ1) is 25.4. The number of Topliss-reactive ketones (excluding diaryl/α,β-unsaturated/α-hetero) is 1. The van der Waals surface area contributed by atoms with Gasteiger partial charge in [-0.25, -0.2) is 0 Å². The number of unbranched alkanes of at least 4 members (excludes halogenated alkanes) is 5. The Balaban J connectivity index is 1.63. The summed E-state index contributed by atoms with van der Waals surface area (Å²) in [5, 5.41) is 9.71. The molecule has 0 aromatic heterocycles. The van der Waals surface area contributed by atoms with E-state index in [1.807, 2.05) is 0 Å². The van der Waals surface area contributed by atoms with Crippen LogP contribution in [0.4, 0.5) is 0 Å². The first-order valence-electron chi connectivity index (χ1n) is 13.6. The average molecular weight is 416 g/mol. The highest BCUT2D eigenvalue weighted by Gasteiger charge is 2.33. The zero-order valence-electron chi connectivity index (χ0n) is 20.2. The Morgan fingerprint density at radius 1 is 0.800 bits per heavy atom. The van der Waals surface area contributed by atoms with Crippen LogP contribution in [-0.4, -0.2) is 5.78 Å². The number of carbonyl (C=O) groups excluding carboxylic acids is 1. The van der Waals surface area contributed by atoms with Crippen molar-refractivity contribution in [1.29, 1.82) is 5.26 Å². The van der Waals surface area contributed by atoms with Crippen molar-refractivity contribution in [2.75, 3.05) is 0 Å². The lowest BCUT2D eigenvalue weighted by Gasteiger charge is -2.38. The Kier molecular flexibility index (Phi) is 12.7. The van der Waals surface area contributed by atoms with Gasteiger partial charge in [0, 0.05) is 18.8 Å². The van der Waals surface area contributed by atoms with Gasteiger partial charge in [0.25, 0.3) is 0 Å². The molecule has 172 valence electrons. The highest BCUT2D eigenvalue weighted by Crippen LogP contribution is 2.44. The number of hydrogen-bond acceptors (Lipinski definition) is 2. The molecule has 0 heterocycles. The molecule has 0 aromatic carbocycles. The van der Waals surface area contributed by atoms with Crippen molar-refractivity contribution < 1.29 is 4.79 Å². The smallest absolute Gasteiger partial charge is 0.132 e. The molecular weight excluding hydrogens is 366 g/mol. The van der Waals surface area contributed by atoms with Gasteiger partial charge in [-0.05, 0) is 75.0 Å². The summed E-state index contributed by atoms with van der Waals surface area (Å²) in [7, 11) is 0. The first-order valence-corrected chi connectivity index (χ1v) is 13.6. The maximum absolute atomic E-state index is 12.2. The normalized spacial score (nSPS) is 28.0. The zero-order valence-corrected chi connectivity index (χ0v) is 20.2. The summed E-state index contributed by atoms with van der Waals surface area (Å²) < 4.78 is 0. The van der Waals surface area contributed by atoms with E-state index in [0.717, 1.165) is 37.0 Å². The third kappa shape index (κ3) is 9.11. The van der Waals surface area contributed by atoms with Crippen LogP contribution in [0.2, 0.25) is 0 Å². The molecule has 0 amide bonds. The Morgan fingerprint density at radius 2 is 1.40 bits per heavy atom. The van der Waals surface area contributed by atoms with Crippen LogP contribution in [0.5, 0.6) is 0 Å². The predicted octanol–water partition coefficient (Wildman–Crippen LogP) is 8.64. The molecule has 2 fully saturated rings. The van der Waals surface area contributed by atoms with Crippen LogP contribution >= 0.6 is 0 Å². The topological polar surface area (TPSA) is 40.9 Å². The molecule has 1 unspecified atom stereocenters. The number of rotatable bonds is 14. The Morgan fingerprint density at radius 3 is 2.00 bits per heavy atom. The summed E-state index contributed by atoms with van der Waals surface area (Å²) in [4.78, 5) is 12.2. The zero-order chi connectivity index (χ0) is 21.6. The molecule has 0 spiro atoms. The van der Waals surface area contributed by atoms with Crippen molar-refractivity contribution in [3.63, 3.8) is 0 Å². The molecule has 0 bridgehead atoms. The third-order valence-corrected chi connectivity index (χ3v) is 8.37. The van der Waals surface area contributed by atoms with E-state index in [4.69, 9.17) is 0 Å². The molecule has 2 aliphatic rings. The number of carbonyl (C=O) groups is 1. The van der Waals surface area contributed by atoms with Crippen LogP contribution in [0.25, 0.3) is 0 Å². The van der Waals surface area contributed by atoms with E-state index in [0.29, 0.717) is 18.1 Å². The quantitative estimate of drug-likeness (QED) is 0.266. The maximum atomic E-state index is 12.2. The molecule has 30 heavy (non-hydrogen) atoms. The lowest BCUT2D eigenvalue weighted by Crippen LogP contribution is -2.28. The second-order valence-corrected chi connectivity index (χ2v) is 10.6. The summed E-state index contributed by atoms with van der Waals surface area (Å²) in [6.07, 6.45) is 23.5. The number of ketones is 1. The van der Waals surface area contributed by atoms with Crippen molar-refractivity contribution in [2.45, 2.75) is 136 Å². The van der Waals surface area contributed by atoms with Gasteiger partial charge in [-0.1, -0.05) is 71.6 Å². The molecule has 0 N–H and O–H groups in total. The third-order valence-electron chi connectivity index (χ3n) is 8.37. The van der Waals surface area contributed by atoms with Gasteiger partial charge in [0.15, 0.2) is 0 Å². The van der Waals surface area contributed by atoms with Crippen LogP contribution in [0.3, 0.4) is 0 Å². The number of nitriles is 1. The van der Waals surface area contributed by atoms with Crippen molar-refractivity contribution in [2.24, 2.45) is 29.6 Å². The molecule has 0 aromatic rings.